The first-order chi connectivity index (χ1) is 9.77. The molecule has 0 aliphatic rings. The van der Waals surface area contributed by atoms with E-state index in [1.165, 1.54) is 4.31 Å². The zero-order valence-electron chi connectivity index (χ0n) is 13.0. The molecule has 5 nitrogen and oxygen atoms in total. The highest BCUT2D eigenvalue weighted by molar-refractivity contribution is 7.92. The minimum atomic E-state index is -3.54. The first-order valence-electron chi connectivity index (χ1n) is 7.09. The van der Waals surface area contributed by atoms with Crippen LogP contribution >= 0.6 is 0 Å². The molecule has 1 N–H and O–H groups in total. The van der Waals surface area contributed by atoms with Crippen molar-refractivity contribution in [3.63, 3.8) is 0 Å². The molecule has 21 heavy (non-hydrogen) atoms. The molecule has 6 heteroatoms. The topological polar surface area (TPSA) is 66.5 Å². The highest BCUT2D eigenvalue weighted by Crippen LogP contribution is 2.21. The largest absolute Gasteiger partial charge is 0.354 e. The lowest BCUT2D eigenvalue weighted by atomic mass is 10.1. The van der Waals surface area contributed by atoms with E-state index in [0.29, 0.717) is 24.6 Å². The summed E-state index contributed by atoms with van der Waals surface area (Å²) in [6.07, 6.45) is 1.53. The lowest BCUT2D eigenvalue weighted by Crippen LogP contribution is -2.49. The second-order valence-corrected chi connectivity index (χ2v) is 7.32. The minimum Gasteiger partial charge on any atom is -0.354 e. The van der Waals surface area contributed by atoms with Crippen molar-refractivity contribution in [2.75, 3.05) is 17.1 Å². The lowest BCUT2D eigenvalue weighted by Gasteiger charge is -2.30. The number of rotatable bonds is 7. The molecule has 0 fully saturated rings. The predicted octanol–water partition coefficient (Wildman–Crippen LogP) is 2.00. The van der Waals surface area contributed by atoms with Gasteiger partial charge in [-0.2, -0.15) is 0 Å². The molecule has 0 aliphatic carbocycles. The quantitative estimate of drug-likeness (QED) is 0.837. The summed E-state index contributed by atoms with van der Waals surface area (Å²) in [6.45, 7) is 6.32. The number of nitrogens with zero attached hydrogens (tertiary/aromatic N) is 1. The molecule has 0 aromatic heterocycles. The van der Waals surface area contributed by atoms with Crippen LogP contribution in [0.4, 0.5) is 5.69 Å². The molecule has 1 amide bonds. The Morgan fingerprint density at radius 3 is 2.24 bits per heavy atom. The van der Waals surface area contributed by atoms with Gasteiger partial charge in [0.05, 0.1) is 11.9 Å². The van der Waals surface area contributed by atoms with E-state index in [2.05, 4.69) is 5.32 Å². The Morgan fingerprint density at radius 2 is 1.81 bits per heavy atom. The number of anilines is 1. The Kier molecular flexibility index (Phi) is 6.20. The van der Waals surface area contributed by atoms with Crippen molar-refractivity contribution < 1.29 is 13.2 Å². The summed E-state index contributed by atoms with van der Waals surface area (Å²) in [5.74, 6) is 0.0512. The summed E-state index contributed by atoms with van der Waals surface area (Å²) in [4.78, 5) is 12.3. The normalized spacial score (nSPS) is 13.0. The van der Waals surface area contributed by atoms with Gasteiger partial charge in [-0.05, 0) is 24.5 Å². The van der Waals surface area contributed by atoms with Crippen LogP contribution in [0.25, 0.3) is 0 Å². The number of benzene rings is 1. The third-order valence-corrected chi connectivity index (χ3v) is 4.20. The number of amides is 1. The standard InChI is InChI=1S/C15H24N2O3S/c1-5-14(15(18)16-11-12(2)3)17(21(4,19)20)13-9-7-6-8-10-13/h6-10,12,14H,5,11H2,1-4H3,(H,16,18)/t14-/m1/s1. The number of nitrogens with one attached hydrogen (secondary N) is 1. The molecule has 0 radical (unpaired) electrons. The maximum atomic E-state index is 12.3. The molecule has 1 aromatic carbocycles. The second-order valence-electron chi connectivity index (χ2n) is 5.46. The van der Waals surface area contributed by atoms with Gasteiger partial charge in [0, 0.05) is 6.54 Å². The van der Waals surface area contributed by atoms with Gasteiger partial charge in [-0.3, -0.25) is 9.10 Å². The Hall–Kier alpha value is -1.56. The Labute approximate surface area is 127 Å². The predicted molar refractivity (Wildman–Crippen MR) is 85.7 cm³/mol. The molecule has 0 heterocycles. The van der Waals surface area contributed by atoms with Crippen molar-refractivity contribution in [1.29, 1.82) is 0 Å². The second kappa shape index (κ2) is 7.45. The maximum Gasteiger partial charge on any atom is 0.243 e. The van der Waals surface area contributed by atoms with E-state index >= 15 is 0 Å². The summed E-state index contributed by atoms with van der Waals surface area (Å²) in [5, 5.41) is 2.81. The lowest BCUT2D eigenvalue weighted by molar-refractivity contribution is -0.122. The fourth-order valence-electron chi connectivity index (χ4n) is 2.06. The summed E-state index contributed by atoms with van der Waals surface area (Å²) >= 11 is 0. The third kappa shape index (κ3) is 5.04. The van der Waals surface area contributed by atoms with Crippen molar-refractivity contribution in [3.05, 3.63) is 30.3 Å². The van der Waals surface area contributed by atoms with Gasteiger partial charge in [-0.1, -0.05) is 39.0 Å². The zero-order chi connectivity index (χ0) is 16.0. The minimum absolute atomic E-state index is 0.263. The van der Waals surface area contributed by atoms with Gasteiger partial charge in [0.15, 0.2) is 0 Å². The number of para-hydroxylation sites is 1. The van der Waals surface area contributed by atoms with Gasteiger partial charge in [-0.25, -0.2) is 8.42 Å². The monoisotopic (exact) mass is 312 g/mol. The summed E-state index contributed by atoms with van der Waals surface area (Å²) < 4.78 is 25.4. The van der Waals surface area contributed by atoms with Crippen molar-refractivity contribution in [1.82, 2.24) is 5.32 Å². The van der Waals surface area contributed by atoms with Crippen LogP contribution in [0.2, 0.25) is 0 Å². The third-order valence-electron chi connectivity index (χ3n) is 3.02. The number of carbonyl (C=O) groups is 1. The van der Waals surface area contributed by atoms with Crippen LogP contribution in [0, 0.1) is 5.92 Å². The zero-order valence-corrected chi connectivity index (χ0v) is 13.9. The van der Waals surface area contributed by atoms with Gasteiger partial charge in [0.25, 0.3) is 0 Å². The Bertz CT molecular complexity index is 556. The summed E-state index contributed by atoms with van der Waals surface area (Å²) in [7, 11) is -3.54. The van der Waals surface area contributed by atoms with E-state index in [4.69, 9.17) is 0 Å². The molecule has 1 aromatic rings. The van der Waals surface area contributed by atoms with Gasteiger partial charge < -0.3 is 5.32 Å². The molecule has 0 saturated carbocycles. The fourth-order valence-corrected chi connectivity index (χ4v) is 3.27. The van der Waals surface area contributed by atoms with Crippen molar-refractivity contribution >= 4 is 21.6 Å². The molecule has 0 spiro atoms. The summed E-state index contributed by atoms with van der Waals surface area (Å²) in [5.41, 5.74) is 0.506. The highest BCUT2D eigenvalue weighted by Gasteiger charge is 2.31. The average Bonchev–Trinajstić information content (AvgIpc) is 2.41. The highest BCUT2D eigenvalue weighted by atomic mass is 32.2. The van der Waals surface area contributed by atoms with Crippen LogP contribution in [-0.4, -0.2) is 33.2 Å². The van der Waals surface area contributed by atoms with Crippen LogP contribution in [0.3, 0.4) is 0 Å². The maximum absolute atomic E-state index is 12.3. The number of hydrogen-bond acceptors (Lipinski definition) is 3. The molecule has 1 atom stereocenters. The molecule has 0 unspecified atom stereocenters. The van der Waals surface area contributed by atoms with Gasteiger partial charge >= 0.3 is 0 Å². The van der Waals surface area contributed by atoms with Crippen LogP contribution in [0.5, 0.6) is 0 Å². The summed E-state index contributed by atoms with van der Waals surface area (Å²) in [6, 6.07) is 7.97. The SMILES string of the molecule is CC[C@H](C(=O)NCC(C)C)N(c1ccccc1)S(C)(=O)=O. The molecule has 1 rings (SSSR count). The molecular formula is C15H24N2O3S. The number of sulfonamides is 1. The van der Waals surface area contributed by atoms with Gasteiger partial charge in [-0.15, -0.1) is 0 Å². The van der Waals surface area contributed by atoms with Crippen LogP contribution in [0.15, 0.2) is 30.3 Å². The Morgan fingerprint density at radius 1 is 1.24 bits per heavy atom. The first-order valence-corrected chi connectivity index (χ1v) is 8.94. The van der Waals surface area contributed by atoms with Crippen LogP contribution < -0.4 is 9.62 Å². The average molecular weight is 312 g/mol. The molecule has 0 bridgehead atoms. The van der Waals surface area contributed by atoms with E-state index < -0.39 is 16.1 Å². The van der Waals surface area contributed by atoms with E-state index in [0.717, 1.165) is 6.26 Å². The smallest absolute Gasteiger partial charge is 0.243 e. The molecular weight excluding hydrogens is 288 g/mol. The van der Waals surface area contributed by atoms with Gasteiger partial charge in [0.2, 0.25) is 15.9 Å². The van der Waals surface area contributed by atoms with Crippen LogP contribution in [0.1, 0.15) is 27.2 Å². The first kappa shape index (κ1) is 17.5. The van der Waals surface area contributed by atoms with E-state index in [1.54, 1.807) is 31.2 Å². The van der Waals surface area contributed by atoms with E-state index in [1.807, 2.05) is 19.9 Å². The van der Waals surface area contributed by atoms with Crippen molar-refractivity contribution in [3.8, 4) is 0 Å². The van der Waals surface area contributed by atoms with Crippen molar-refractivity contribution in [2.45, 2.75) is 33.2 Å². The van der Waals surface area contributed by atoms with E-state index in [-0.39, 0.29) is 5.91 Å². The molecule has 0 aliphatic heterocycles. The molecule has 0 saturated heterocycles. The number of hydrogen-bond donors (Lipinski definition) is 1. The Balaban J connectivity index is 3.09. The van der Waals surface area contributed by atoms with Crippen LogP contribution in [-0.2, 0) is 14.8 Å². The molecule has 118 valence electrons. The number of carbonyl (C=O) groups excluding carboxylic acids is 1. The van der Waals surface area contributed by atoms with Crippen molar-refractivity contribution in [2.24, 2.45) is 5.92 Å². The van der Waals surface area contributed by atoms with E-state index in [9.17, 15) is 13.2 Å². The van der Waals surface area contributed by atoms with Gasteiger partial charge in [0.1, 0.15) is 6.04 Å². The fraction of sp³-hybridized carbons (Fsp3) is 0.533.